The zero-order chi connectivity index (χ0) is 24.1. The molecule has 3 aromatic rings. The summed E-state index contributed by atoms with van der Waals surface area (Å²) in [5.74, 6) is 1.99. The van der Waals surface area contributed by atoms with Crippen LogP contribution in [0.5, 0.6) is 0 Å². The number of carbonyl (C=O) groups is 1. The van der Waals surface area contributed by atoms with Gasteiger partial charge in [0.25, 0.3) is 10.0 Å². The molecule has 12 heteroatoms. The fraction of sp³-hybridized carbons (Fsp3) is 0.318. The van der Waals surface area contributed by atoms with E-state index >= 15 is 0 Å². The molecule has 0 aliphatic carbocycles. The summed E-state index contributed by atoms with van der Waals surface area (Å²) in [4.78, 5) is 23.0. The number of aromatic nitrogens is 2. The average molecular weight is 503 g/mol. The SMILES string of the molecule is CC(=O)NCc1ccc(S(=O)(=O)Nc2ccc(Nc3cc(N4CCOCC4)nc(C)n3)cc2)s1. The van der Waals surface area contributed by atoms with Crippen molar-refractivity contribution in [2.45, 2.75) is 24.6 Å². The standard InChI is InChI=1S/C22H26N6O4S2/c1-15-24-20(13-21(25-15)28-9-11-32-12-10-28)26-17-3-5-18(6-4-17)27-34(30,31)22-8-7-19(33-22)14-23-16(2)29/h3-8,13,27H,9-12,14H2,1-2H3,(H,23,29)(H,24,25,26). The molecular formula is C22H26N6O4S2. The van der Waals surface area contributed by atoms with Gasteiger partial charge in [0.15, 0.2) is 0 Å². The minimum atomic E-state index is -3.73. The summed E-state index contributed by atoms with van der Waals surface area (Å²) >= 11 is 1.12. The summed E-state index contributed by atoms with van der Waals surface area (Å²) in [6, 6.07) is 12.0. The van der Waals surface area contributed by atoms with Gasteiger partial charge in [0, 0.05) is 42.3 Å². The molecule has 0 bridgehead atoms. The molecule has 1 amide bonds. The van der Waals surface area contributed by atoms with Gasteiger partial charge < -0.3 is 20.3 Å². The molecule has 4 rings (SSSR count). The number of amides is 1. The Morgan fingerprint density at radius 2 is 1.79 bits per heavy atom. The van der Waals surface area contributed by atoms with Gasteiger partial charge in [0.1, 0.15) is 21.7 Å². The van der Waals surface area contributed by atoms with Crippen LogP contribution in [0.15, 0.2) is 46.7 Å². The second-order valence-corrected chi connectivity index (χ2v) is 10.8. The van der Waals surface area contributed by atoms with E-state index in [-0.39, 0.29) is 10.1 Å². The van der Waals surface area contributed by atoms with Crippen LogP contribution in [0.2, 0.25) is 0 Å². The lowest BCUT2D eigenvalue weighted by atomic mass is 10.3. The number of ether oxygens (including phenoxy) is 1. The van der Waals surface area contributed by atoms with Crippen LogP contribution in [0.1, 0.15) is 17.6 Å². The minimum Gasteiger partial charge on any atom is -0.378 e. The number of anilines is 4. The van der Waals surface area contributed by atoms with Crippen molar-refractivity contribution in [1.29, 1.82) is 0 Å². The summed E-state index contributed by atoms with van der Waals surface area (Å²) in [7, 11) is -3.73. The molecule has 1 fully saturated rings. The normalized spacial score (nSPS) is 14.0. The molecule has 3 heterocycles. The van der Waals surface area contributed by atoms with Gasteiger partial charge in [-0.2, -0.15) is 0 Å². The number of nitrogens with one attached hydrogen (secondary N) is 3. The van der Waals surface area contributed by atoms with Crippen molar-refractivity contribution in [3.8, 4) is 0 Å². The van der Waals surface area contributed by atoms with E-state index in [1.54, 1.807) is 30.3 Å². The van der Waals surface area contributed by atoms with Crippen molar-refractivity contribution in [3.63, 3.8) is 0 Å². The summed E-state index contributed by atoms with van der Waals surface area (Å²) < 4.78 is 33.6. The first-order valence-electron chi connectivity index (χ1n) is 10.7. The number of morpholine rings is 1. The quantitative estimate of drug-likeness (QED) is 0.429. The van der Waals surface area contributed by atoms with Gasteiger partial charge in [0.05, 0.1) is 19.8 Å². The number of hydrogen-bond acceptors (Lipinski definition) is 9. The smallest absolute Gasteiger partial charge is 0.271 e. The predicted octanol–water partition coefficient (Wildman–Crippen LogP) is 2.86. The molecule has 0 unspecified atom stereocenters. The van der Waals surface area contributed by atoms with E-state index < -0.39 is 10.0 Å². The van der Waals surface area contributed by atoms with Gasteiger partial charge in [-0.25, -0.2) is 18.4 Å². The minimum absolute atomic E-state index is 0.168. The summed E-state index contributed by atoms with van der Waals surface area (Å²) in [5, 5.41) is 5.91. The molecular weight excluding hydrogens is 476 g/mol. The Labute approximate surface area is 202 Å². The Bertz CT molecular complexity index is 1250. The van der Waals surface area contributed by atoms with Crippen LogP contribution >= 0.6 is 11.3 Å². The molecule has 180 valence electrons. The molecule has 10 nitrogen and oxygen atoms in total. The van der Waals surface area contributed by atoms with Crippen LogP contribution in [0, 0.1) is 6.92 Å². The number of benzene rings is 1. The fourth-order valence-corrected chi connectivity index (χ4v) is 5.71. The Morgan fingerprint density at radius 3 is 2.50 bits per heavy atom. The van der Waals surface area contributed by atoms with Crippen LogP contribution in [0.25, 0.3) is 0 Å². The highest BCUT2D eigenvalue weighted by atomic mass is 32.2. The van der Waals surface area contributed by atoms with Crippen molar-refractivity contribution in [2.75, 3.05) is 41.2 Å². The zero-order valence-electron chi connectivity index (χ0n) is 18.9. The van der Waals surface area contributed by atoms with Crippen LogP contribution < -0.4 is 20.3 Å². The maximum atomic E-state index is 12.7. The summed E-state index contributed by atoms with van der Waals surface area (Å²) in [5.41, 5.74) is 1.21. The van der Waals surface area contributed by atoms with Crippen molar-refractivity contribution in [2.24, 2.45) is 0 Å². The maximum Gasteiger partial charge on any atom is 0.271 e. The molecule has 1 aliphatic heterocycles. The van der Waals surface area contributed by atoms with E-state index in [4.69, 9.17) is 4.74 Å². The number of rotatable bonds is 8. The topological polar surface area (TPSA) is 126 Å². The Balaban J connectivity index is 1.41. The van der Waals surface area contributed by atoms with E-state index in [0.717, 1.165) is 40.8 Å². The van der Waals surface area contributed by atoms with Gasteiger partial charge >= 0.3 is 0 Å². The van der Waals surface area contributed by atoms with Gasteiger partial charge in [-0.15, -0.1) is 11.3 Å². The van der Waals surface area contributed by atoms with Gasteiger partial charge in [-0.3, -0.25) is 9.52 Å². The third-order valence-corrected chi connectivity index (χ3v) is 7.94. The zero-order valence-corrected chi connectivity index (χ0v) is 20.5. The molecule has 1 aliphatic rings. The van der Waals surface area contributed by atoms with Gasteiger partial charge in [-0.1, -0.05) is 0 Å². The first kappa shape index (κ1) is 23.9. The average Bonchev–Trinajstić information content (AvgIpc) is 3.29. The number of aryl methyl sites for hydroxylation is 1. The molecule has 3 N–H and O–H groups in total. The molecule has 34 heavy (non-hydrogen) atoms. The number of sulfonamides is 1. The monoisotopic (exact) mass is 502 g/mol. The third-order valence-electron chi connectivity index (χ3n) is 4.98. The van der Waals surface area contributed by atoms with Gasteiger partial charge in [-0.05, 0) is 43.3 Å². The Morgan fingerprint density at radius 1 is 1.09 bits per heavy atom. The molecule has 0 spiro atoms. The lowest BCUT2D eigenvalue weighted by molar-refractivity contribution is -0.119. The van der Waals surface area contributed by atoms with Crippen LogP contribution in [-0.2, 0) is 26.1 Å². The Kier molecular flexibility index (Phi) is 7.29. The first-order chi connectivity index (χ1) is 16.3. The van der Waals surface area contributed by atoms with Crippen molar-refractivity contribution in [3.05, 3.63) is 53.2 Å². The lowest BCUT2D eigenvalue weighted by Gasteiger charge is -2.28. The summed E-state index contributed by atoms with van der Waals surface area (Å²) in [6.07, 6.45) is 0. The molecule has 1 saturated heterocycles. The molecule has 2 aromatic heterocycles. The number of nitrogens with zero attached hydrogens (tertiary/aromatic N) is 3. The lowest BCUT2D eigenvalue weighted by Crippen LogP contribution is -2.36. The first-order valence-corrected chi connectivity index (χ1v) is 13.0. The second kappa shape index (κ2) is 10.4. The molecule has 0 radical (unpaired) electrons. The van der Waals surface area contributed by atoms with Crippen LogP contribution in [0.3, 0.4) is 0 Å². The largest absolute Gasteiger partial charge is 0.378 e. The highest BCUT2D eigenvalue weighted by molar-refractivity contribution is 7.94. The fourth-order valence-electron chi connectivity index (χ4n) is 3.35. The molecule has 0 saturated carbocycles. The summed E-state index contributed by atoms with van der Waals surface area (Å²) in [6.45, 7) is 6.47. The van der Waals surface area contributed by atoms with Crippen LogP contribution in [-0.4, -0.2) is 50.6 Å². The number of carbonyl (C=O) groups excluding carboxylic acids is 1. The maximum absolute atomic E-state index is 12.7. The number of thiophene rings is 1. The van der Waals surface area contributed by atoms with Crippen molar-refractivity contribution < 1.29 is 17.9 Å². The third kappa shape index (κ3) is 6.22. The van der Waals surface area contributed by atoms with Gasteiger partial charge in [0.2, 0.25) is 5.91 Å². The van der Waals surface area contributed by atoms with E-state index in [9.17, 15) is 13.2 Å². The number of hydrogen-bond donors (Lipinski definition) is 3. The highest BCUT2D eigenvalue weighted by Gasteiger charge is 2.18. The van der Waals surface area contributed by atoms with Crippen molar-refractivity contribution in [1.82, 2.24) is 15.3 Å². The van der Waals surface area contributed by atoms with E-state index in [1.807, 2.05) is 13.0 Å². The van der Waals surface area contributed by atoms with Crippen LogP contribution in [0.4, 0.5) is 23.0 Å². The van der Waals surface area contributed by atoms with E-state index in [2.05, 4.69) is 30.2 Å². The second-order valence-electron chi connectivity index (χ2n) is 7.70. The van der Waals surface area contributed by atoms with E-state index in [0.29, 0.717) is 37.1 Å². The van der Waals surface area contributed by atoms with Crippen molar-refractivity contribution >= 4 is 50.3 Å². The molecule has 0 atom stereocenters. The molecule has 1 aromatic carbocycles. The Hall–Kier alpha value is -3.22. The van der Waals surface area contributed by atoms with E-state index in [1.165, 1.54) is 13.0 Å². The predicted molar refractivity (Wildman–Crippen MR) is 132 cm³/mol. The highest BCUT2D eigenvalue weighted by Crippen LogP contribution is 2.26.